The Hall–Kier alpha value is -2.69. The van der Waals surface area contributed by atoms with Crippen LogP contribution in [-0.4, -0.2) is 15.1 Å². The summed E-state index contributed by atoms with van der Waals surface area (Å²) in [7, 11) is 0. The van der Waals surface area contributed by atoms with Crippen LogP contribution in [0.15, 0.2) is 53.3 Å². The van der Waals surface area contributed by atoms with Gasteiger partial charge < -0.3 is 10.3 Å². The van der Waals surface area contributed by atoms with Gasteiger partial charge in [0, 0.05) is 23.6 Å². The molecule has 1 aliphatic rings. The summed E-state index contributed by atoms with van der Waals surface area (Å²) in [5.74, 6) is 1.29. The van der Waals surface area contributed by atoms with Gasteiger partial charge in [-0.3, -0.25) is 4.98 Å². The van der Waals surface area contributed by atoms with Crippen molar-refractivity contribution in [2.24, 2.45) is 0 Å². The molecule has 1 fully saturated rings. The van der Waals surface area contributed by atoms with E-state index in [9.17, 15) is 0 Å². The van der Waals surface area contributed by atoms with Gasteiger partial charge in [-0.1, -0.05) is 17.3 Å². The lowest BCUT2D eigenvalue weighted by molar-refractivity contribution is 0.360. The van der Waals surface area contributed by atoms with Crippen molar-refractivity contribution in [3.8, 4) is 11.4 Å². The number of nitrogens with two attached hydrogens (primary N) is 1. The minimum Gasteiger partial charge on any atom is -0.399 e. The molecule has 5 heteroatoms. The Labute approximate surface area is 121 Å². The predicted octanol–water partition coefficient (Wildman–Crippen LogP) is 2.79. The molecular weight excluding hydrogens is 264 g/mol. The van der Waals surface area contributed by atoms with Gasteiger partial charge in [0.25, 0.3) is 0 Å². The van der Waals surface area contributed by atoms with Crippen LogP contribution < -0.4 is 5.73 Å². The largest absolute Gasteiger partial charge is 0.399 e. The number of aromatic nitrogens is 3. The molecule has 1 aliphatic carbocycles. The van der Waals surface area contributed by atoms with Gasteiger partial charge in [0.15, 0.2) is 0 Å². The van der Waals surface area contributed by atoms with Crippen molar-refractivity contribution < 1.29 is 4.52 Å². The fourth-order valence-corrected chi connectivity index (χ4v) is 2.59. The second-order valence-electron chi connectivity index (χ2n) is 5.36. The Morgan fingerprint density at radius 1 is 1.00 bits per heavy atom. The van der Waals surface area contributed by atoms with Gasteiger partial charge >= 0.3 is 0 Å². The first-order valence-electron chi connectivity index (χ1n) is 6.89. The average molecular weight is 278 g/mol. The summed E-state index contributed by atoms with van der Waals surface area (Å²) < 4.78 is 5.52. The molecule has 0 saturated heterocycles. The third-order valence-electron chi connectivity index (χ3n) is 3.99. The van der Waals surface area contributed by atoms with Crippen LogP contribution in [0.2, 0.25) is 0 Å². The van der Waals surface area contributed by atoms with Crippen LogP contribution in [0.1, 0.15) is 24.3 Å². The standard InChI is InChI=1S/C16H14N4O/c17-13-3-1-12(2-4-13)16(7-8-16)15-19-14(20-21-15)11-5-9-18-10-6-11/h1-6,9-10H,7-8,17H2. The second kappa shape index (κ2) is 4.41. The van der Waals surface area contributed by atoms with Gasteiger partial charge in [0.05, 0.1) is 5.41 Å². The summed E-state index contributed by atoms with van der Waals surface area (Å²) in [6.45, 7) is 0. The lowest BCUT2D eigenvalue weighted by Crippen LogP contribution is -2.09. The van der Waals surface area contributed by atoms with Crippen LogP contribution in [0, 0.1) is 0 Å². The summed E-state index contributed by atoms with van der Waals surface area (Å²) in [5, 5.41) is 4.10. The molecule has 0 amide bonds. The number of anilines is 1. The van der Waals surface area contributed by atoms with Gasteiger partial charge in [0.1, 0.15) is 0 Å². The number of nitrogens with zero attached hydrogens (tertiary/aromatic N) is 3. The van der Waals surface area contributed by atoms with E-state index in [2.05, 4.69) is 15.1 Å². The topological polar surface area (TPSA) is 77.8 Å². The predicted molar refractivity (Wildman–Crippen MR) is 78.4 cm³/mol. The van der Waals surface area contributed by atoms with Gasteiger partial charge in [-0.2, -0.15) is 4.98 Å². The summed E-state index contributed by atoms with van der Waals surface area (Å²) in [5.41, 5.74) is 8.47. The molecule has 0 atom stereocenters. The first-order chi connectivity index (χ1) is 10.3. The van der Waals surface area contributed by atoms with E-state index in [1.807, 2.05) is 36.4 Å². The number of benzene rings is 1. The minimum atomic E-state index is -0.133. The average Bonchev–Trinajstić information content (AvgIpc) is 3.19. The van der Waals surface area contributed by atoms with Crippen LogP contribution in [-0.2, 0) is 5.41 Å². The van der Waals surface area contributed by atoms with Gasteiger partial charge in [0.2, 0.25) is 11.7 Å². The normalized spacial score (nSPS) is 15.8. The van der Waals surface area contributed by atoms with E-state index in [-0.39, 0.29) is 5.41 Å². The highest BCUT2D eigenvalue weighted by Gasteiger charge is 2.50. The smallest absolute Gasteiger partial charge is 0.237 e. The first kappa shape index (κ1) is 12.1. The van der Waals surface area contributed by atoms with Crippen molar-refractivity contribution in [1.82, 2.24) is 15.1 Å². The fraction of sp³-hybridized carbons (Fsp3) is 0.188. The van der Waals surface area contributed by atoms with E-state index >= 15 is 0 Å². The molecule has 0 aliphatic heterocycles. The lowest BCUT2D eigenvalue weighted by Gasteiger charge is -2.10. The number of hydrogen-bond donors (Lipinski definition) is 1. The minimum absolute atomic E-state index is 0.133. The van der Waals surface area contributed by atoms with Crippen LogP contribution in [0.5, 0.6) is 0 Å². The molecule has 0 radical (unpaired) electrons. The molecule has 2 heterocycles. The summed E-state index contributed by atoms with van der Waals surface area (Å²) in [4.78, 5) is 8.57. The van der Waals surface area contributed by atoms with Crippen molar-refractivity contribution in [1.29, 1.82) is 0 Å². The van der Waals surface area contributed by atoms with E-state index in [4.69, 9.17) is 10.3 Å². The van der Waals surface area contributed by atoms with E-state index in [0.717, 1.165) is 24.1 Å². The van der Waals surface area contributed by atoms with Crippen molar-refractivity contribution in [3.63, 3.8) is 0 Å². The molecule has 0 unspecified atom stereocenters. The Bertz CT molecular complexity index is 760. The Kier molecular flexibility index (Phi) is 2.54. The summed E-state index contributed by atoms with van der Waals surface area (Å²) >= 11 is 0. The van der Waals surface area contributed by atoms with Crippen LogP contribution >= 0.6 is 0 Å². The zero-order chi connectivity index (χ0) is 14.3. The van der Waals surface area contributed by atoms with Gasteiger partial charge in [-0.25, -0.2) is 0 Å². The van der Waals surface area contributed by atoms with E-state index < -0.39 is 0 Å². The Morgan fingerprint density at radius 3 is 2.38 bits per heavy atom. The quantitative estimate of drug-likeness (QED) is 0.745. The van der Waals surface area contributed by atoms with Crippen molar-refractivity contribution in [2.45, 2.75) is 18.3 Å². The van der Waals surface area contributed by atoms with Crippen molar-refractivity contribution >= 4 is 5.69 Å². The zero-order valence-electron chi connectivity index (χ0n) is 11.4. The highest BCUT2D eigenvalue weighted by atomic mass is 16.5. The maximum atomic E-state index is 5.75. The van der Waals surface area contributed by atoms with Crippen LogP contribution in [0.25, 0.3) is 11.4 Å². The second-order valence-corrected chi connectivity index (χ2v) is 5.36. The molecule has 2 N–H and O–H groups in total. The Balaban J connectivity index is 1.71. The number of hydrogen-bond acceptors (Lipinski definition) is 5. The van der Waals surface area contributed by atoms with E-state index in [0.29, 0.717) is 11.7 Å². The number of nitrogen functional groups attached to an aromatic ring is 1. The third kappa shape index (κ3) is 1.98. The molecule has 21 heavy (non-hydrogen) atoms. The lowest BCUT2D eigenvalue weighted by atomic mass is 9.95. The van der Waals surface area contributed by atoms with E-state index in [1.165, 1.54) is 5.56 Å². The maximum absolute atomic E-state index is 5.75. The highest BCUT2D eigenvalue weighted by molar-refractivity contribution is 5.54. The SMILES string of the molecule is Nc1ccc(C2(c3nc(-c4ccncc4)no3)CC2)cc1. The molecule has 104 valence electrons. The fourth-order valence-electron chi connectivity index (χ4n) is 2.59. The van der Waals surface area contributed by atoms with Crippen molar-refractivity contribution in [3.05, 3.63) is 60.2 Å². The summed E-state index contributed by atoms with van der Waals surface area (Å²) in [6.07, 6.45) is 5.49. The first-order valence-corrected chi connectivity index (χ1v) is 6.89. The summed E-state index contributed by atoms with van der Waals surface area (Å²) in [6, 6.07) is 11.7. The highest BCUT2D eigenvalue weighted by Crippen LogP contribution is 2.53. The van der Waals surface area contributed by atoms with Gasteiger partial charge in [-0.05, 0) is 42.7 Å². The number of pyridine rings is 1. The molecule has 1 saturated carbocycles. The molecule has 3 aromatic rings. The Morgan fingerprint density at radius 2 is 1.71 bits per heavy atom. The van der Waals surface area contributed by atoms with Crippen LogP contribution in [0.4, 0.5) is 5.69 Å². The van der Waals surface area contributed by atoms with E-state index in [1.54, 1.807) is 12.4 Å². The maximum Gasteiger partial charge on any atom is 0.237 e. The molecule has 4 rings (SSSR count). The molecule has 1 aromatic carbocycles. The number of rotatable bonds is 3. The third-order valence-corrected chi connectivity index (χ3v) is 3.99. The molecule has 5 nitrogen and oxygen atoms in total. The monoisotopic (exact) mass is 278 g/mol. The van der Waals surface area contributed by atoms with Crippen molar-refractivity contribution in [2.75, 3.05) is 5.73 Å². The zero-order valence-corrected chi connectivity index (χ0v) is 11.4. The van der Waals surface area contributed by atoms with Crippen LogP contribution in [0.3, 0.4) is 0 Å². The molecular formula is C16H14N4O. The molecule has 2 aromatic heterocycles. The van der Waals surface area contributed by atoms with Gasteiger partial charge in [-0.15, -0.1) is 0 Å². The molecule has 0 bridgehead atoms. The molecule has 0 spiro atoms.